The molecule has 1 saturated carbocycles. The molecule has 0 bridgehead atoms. The van der Waals surface area contributed by atoms with Crippen molar-refractivity contribution in [3.05, 3.63) is 48.9 Å². The molecule has 3 aromatic rings. The van der Waals surface area contributed by atoms with Crippen molar-refractivity contribution in [1.29, 1.82) is 0 Å². The van der Waals surface area contributed by atoms with Crippen LogP contribution in [0.15, 0.2) is 48.9 Å². The van der Waals surface area contributed by atoms with E-state index in [1.54, 1.807) is 0 Å². The van der Waals surface area contributed by atoms with Crippen molar-refractivity contribution in [3.63, 3.8) is 0 Å². The van der Waals surface area contributed by atoms with Gasteiger partial charge in [-0.05, 0) is 37.1 Å². The summed E-state index contributed by atoms with van der Waals surface area (Å²) in [5.41, 5.74) is 9.69. The van der Waals surface area contributed by atoms with Gasteiger partial charge >= 0.3 is 0 Å². The van der Waals surface area contributed by atoms with Crippen molar-refractivity contribution in [3.8, 4) is 5.69 Å². The predicted molar refractivity (Wildman–Crippen MR) is 87.8 cm³/mol. The number of nitrogens with zero attached hydrogens (tertiary/aromatic N) is 2. The van der Waals surface area contributed by atoms with E-state index in [1.165, 1.54) is 48.7 Å². The molecule has 0 radical (unpaired) electrons. The lowest BCUT2D eigenvalue weighted by Gasteiger charge is -2.24. The minimum absolute atomic E-state index is 0.610. The third-order valence-corrected chi connectivity index (χ3v) is 4.72. The van der Waals surface area contributed by atoms with Gasteiger partial charge in [0.25, 0.3) is 0 Å². The Labute approximate surface area is 125 Å². The number of anilines is 1. The highest BCUT2D eigenvalue weighted by Crippen LogP contribution is 2.36. The van der Waals surface area contributed by atoms with E-state index < -0.39 is 0 Å². The van der Waals surface area contributed by atoms with E-state index in [9.17, 15) is 0 Å². The summed E-state index contributed by atoms with van der Waals surface area (Å²) in [6, 6.07) is 11.2. The molecule has 0 atom stereocenters. The van der Waals surface area contributed by atoms with Crippen LogP contribution in [-0.2, 0) is 0 Å². The van der Waals surface area contributed by atoms with Crippen molar-refractivity contribution in [2.75, 3.05) is 5.73 Å². The van der Waals surface area contributed by atoms with Gasteiger partial charge in [0.15, 0.2) is 0 Å². The summed E-state index contributed by atoms with van der Waals surface area (Å²) in [7, 11) is 0. The Morgan fingerprint density at radius 2 is 1.71 bits per heavy atom. The Morgan fingerprint density at radius 1 is 0.952 bits per heavy atom. The van der Waals surface area contributed by atoms with Gasteiger partial charge in [-0.25, -0.2) is 0 Å². The van der Waals surface area contributed by atoms with Gasteiger partial charge in [0.2, 0.25) is 0 Å². The van der Waals surface area contributed by atoms with Gasteiger partial charge in [-0.1, -0.05) is 25.3 Å². The van der Waals surface area contributed by atoms with Crippen molar-refractivity contribution in [1.82, 2.24) is 9.13 Å². The molecule has 2 aromatic heterocycles. The molecule has 1 aromatic carbocycles. The lowest BCUT2D eigenvalue weighted by atomic mass is 9.95. The Hall–Kier alpha value is -2.16. The van der Waals surface area contributed by atoms with Gasteiger partial charge < -0.3 is 14.9 Å². The van der Waals surface area contributed by atoms with Crippen LogP contribution >= 0.6 is 0 Å². The fourth-order valence-electron chi connectivity index (χ4n) is 3.69. The number of nitrogen functional groups attached to an aromatic ring is 1. The van der Waals surface area contributed by atoms with Crippen molar-refractivity contribution < 1.29 is 0 Å². The second kappa shape index (κ2) is 4.99. The van der Waals surface area contributed by atoms with E-state index >= 15 is 0 Å². The van der Waals surface area contributed by atoms with Gasteiger partial charge in [0.05, 0.1) is 16.9 Å². The third-order valence-electron chi connectivity index (χ3n) is 4.72. The summed E-state index contributed by atoms with van der Waals surface area (Å²) in [5.74, 6) is 0. The SMILES string of the molecule is Nc1cn(C2CCCCC2)c2cccc(-n3cccc3)c12. The largest absolute Gasteiger partial charge is 0.397 e. The normalized spacial score (nSPS) is 16.6. The molecule has 2 N–H and O–H groups in total. The molecule has 0 spiro atoms. The first-order valence-corrected chi connectivity index (χ1v) is 7.87. The third kappa shape index (κ3) is 2.04. The zero-order valence-corrected chi connectivity index (χ0v) is 12.2. The minimum Gasteiger partial charge on any atom is -0.397 e. The Kier molecular flexibility index (Phi) is 2.99. The standard InChI is InChI=1S/C18H21N3/c19-15-13-21(14-7-2-1-3-8-14)17-10-6-9-16(18(15)17)20-11-4-5-12-20/h4-6,9-14H,1-3,7-8,19H2. The second-order valence-electron chi connectivity index (χ2n) is 6.05. The summed E-state index contributed by atoms with van der Waals surface area (Å²) in [5, 5.41) is 1.18. The summed E-state index contributed by atoms with van der Waals surface area (Å²) in [4.78, 5) is 0. The average Bonchev–Trinajstić information content (AvgIpc) is 3.17. The van der Waals surface area contributed by atoms with E-state index in [0.717, 1.165) is 5.69 Å². The zero-order valence-electron chi connectivity index (χ0n) is 12.2. The van der Waals surface area contributed by atoms with Gasteiger partial charge in [0.1, 0.15) is 0 Å². The molecule has 3 heteroatoms. The molecular formula is C18H21N3. The molecule has 21 heavy (non-hydrogen) atoms. The molecule has 3 nitrogen and oxygen atoms in total. The molecule has 1 fully saturated rings. The number of fused-ring (bicyclic) bond motifs is 1. The number of aromatic nitrogens is 2. The zero-order chi connectivity index (χ0) is 14.2. The van der Waals surface area contributed by atoms with Crippen LogP contribution in [0.3, 0.4) is 0 Å². The molecule has 2 heterocycles. The summed E-state index contributed by atoms with van der Waals surface area (Å²) in [6.45, 7) is 0. The highest BCUT2D eigenvalue weighted by atomic mass is 15.0. The van der Waals surface area contributed by atoms with Gasteiger partial charge in [-0.2, -0.15) is 0 Å². The summed E-state index contributed by atoms with van der Waals surface area (Å²) >= 11 is 0. The number of benzene rings is 1. The van der Waals surface area contributed by atoms with Crippen LogP contribution in [0.25, 0.3) is 16.6 Å². The van der Waals surface area contributed by atoms with Crippen LogP contribution in [0.2, 0.25) is 0 Å². The van der Waals surface area contributed by atoms with Crippen LogP contribution < -0.4 is 5.73 Å². The molecule has 0 amide bonds. The Morgan fingerprint density at radius 3 is 2.48 bits per heavy atom. The first kappa shape index (κ1) is 12.6. The van der Waals surface area contributed by atoms with Crippen molar-refractivity contribution >= 4 is 16.6 Å². The predicted octanol–water partition coefficient (Wildman–Crippen LogP) is 4.52. The lowest BCUT2D eigenvalue weighted by molar-refractivity contribution is 0.361. The van der Waals surface area contributed by atoms with E-state index in [0.29, 0.717) is 6.04 Å². The average molecular weight is 279 g/mol. The molecule has 108 valence electrons. The Bertz CT molecular complexity index is 746. The molecule has 1 aliphatic carbocycles. The Balaban J connectivity index is 1.89. The summed E-state index contributed by atoms with van der Waals surface area (Å²) < 4.78 is 4.56. The number of rotatable bonds is 2. The van der Waals surface area contributed by atoms with Crippen molar-refractivity contribution in [2.24, 2.45) is 0 Å². The fraction of sp³-hybridized carbons (Fsp3) is 0.333. The molecule has 0 aliphatic heterocycles. The van der Waals surface area contributed by atoms with E-state index in [2.05, 4.69) is 45.9 Å². The molecule has 4 rings (SSSR count). The maximum absolute atomic E-state index is 6.36. The van der Waals surface area contributed by atoms with Gasteiger partial charge in [-0.3, -0.25) is 0 Å². The number of hydrogen-bond acceptors (Lipinski definition) is 1. The van der Waals surface area contributed by atoms with Gasteiger partial charge in [0, 0.05) is 30.0 Å². The van der Waals surface area contributed by atoms with E-state index in [1.807, 2.05) is 12.1 Å². The molecule has 0 unspecified atom stereocenters. The first-order chi connectivity index (χ1) is 10.3. The van der Waals surface area contributed by atoms with E-state index in [4.69, 9.17) is 5.73 Å². The molecule has 0 saturated heterocycles. The van der Waals surface area contributed by atoms with E-state index in [-0.39, 0.29) is 0 Å². The van der Waals surface area contributed by atoms with Gasteiger partial charge in [-0.15, -0.1) is 0 Å². The smallest absolute Gasteiger partial charge is 0.0595 e. The summed E-state index contributed by atoms with van der Waals surface area (Å²) in [6.07, 6.45) is 12.9. The topological polar surface area (TPSA) is 35.9 Å². The molecule has 1 aliphatic rings. The lowest BCUT2D eigenvalue weighted by Crippen LogP contribution is -2.11. The number of nitrogens with two attached hydrogens (primary N) is 1. The van der Waals surface area contributed by atoms with Crippen LogP contribution in [0.1, 0.15) is 38.1 Å². The number of hydrogen-bond donors (Lipinski definition) is 1. The monoisotopic (exact) mass is 279 g/mol. The maximum atomic E-state index is 6.36. The minimum atomic E-state index is 0.610. The molecular weight excluding hydrogens is 258 g/mol. The highest BCUT2D eigenvalue weighted by Gasteiger charge is 2.19. The quantitative estimate of drug-likeness (QED) is 0.735. The van der Waals surface area contributed by atoms with Crippen LogP contribution in [0.4, 0.5) is 5.69 Å². The highest BCUT2D eigenvalue weighted by molar-refractivity contribution is 5.98. The first-order valence-electron chi connectivity index (χ1n) is 7.87. The second-order valence-corrected chi connectivity index (χ2v) is 6.05. The van der Waals surface area contributed by atoms with Crippen LogP contribution in [-0.4, -0.2) is 9.13 Å². The maximum Gasteiger partial charge on any atom is 0.0595 e. The van der Waals surface area contributed by atoms with Crippen molar-refractivity contribution in [2.45, 2.75) is 38.1 Å². The van der Waals surface area contributed by atoms with Crippen LogP contribution in [0.5, 0.6) is 0 Å². The fourth-order valence-corrected chi connectivity index (χ4v) is 3.69. The van der Waals surface area contributed by atoms with Crippen LogP contribution in [0, 0.1) is 0 Å².